The zero-order valence-corrected chi connectivity index (χ0v) is 15.4. The first-order valence-corrected chi connectivity index (χ1v) is 9.14. The maximum absolute atomic E-state index is 12.7. The molecule has 27 heavy (non-hydrogen) atoms. The van der Waals surface area contributed by atoms with Gasteiger partial charge in [-0.2, -0.15) is 0 Å². The van der Waals surface area contributed by atoms with Crippen LogP contribution in [0.2, 0.25) is 5.02 Å². The van der Waals surface area contributed by atoms with Crippen LogP contribution in [0.25, 0.3) is 16.9 Å². The second-order valence-corrected chi connectivity index (χ2v) is 6.71. The number of pyridine rings is 1. The molecule has 134 valence electrons. The largest absolute Gasteiger partial charge is 0.352 e. The van der Waals surface area contributed by atoms with Gasteiger partial charge in [-0.1, -0.05) is 54.1 Å². The van der Waals surface area contributed by atoms with Crippen molar-refractivity contribution in [1.82, 2.24) is 14.7 Å². The number of hydrogen-bond acceptors (Lipinski definition) is 2. The fourth-order valence-electron chi connectivity index (χ4n) is 3.01. The summed E-state index contributed by atoms with van der Waals surface area (Å²) in [7, 11) is 0. The highest BCUT2D eigenvalue weighted by Crippen LogP contribution is 2.22. The fourth-order valence-corrected chi connectivity index (χ4v) is 3.14. The Morgan fingerprint density at radius 3 is 2.56 bits per heavy atom. The van der Waals surface area contributed by atoms with Crippen molar-refractivity contribution in [2.75, 3.05) is 6.54 Å². The lowest BCUT2D eigenvalue weighted by Gasteiger charge is -2.06. The maximum atomic E-state index is 12.7. The van der Waals surface area contributed by atoms with Gasteiger partial charge in [0.05, 0.1) is 11.3 Å². The first-order chi connectivity index (χ1) is 13.2. The van der Waals surface area contributed by atoms with Gasteiger partial charge < -0.3 is 9.72 Å². The van der Waals surface area contributed by atoms with E-state index in [0.29, 0.717) is 22.8 Å². The number of benzene rings is 2. The number of fused-ring (bicyclic) bond motifs is 1. The summed E-state index contributed by atoms with van der Waals surface area (Å²) < 4.78 is 1.87. The van der Waals surface area contributed by atoms with Gasteiger partial charge in [-0.05, 0) is 36.2 Å². The minimum absolute atomic E-state index is 0.121. The minimum atomic E-state index is -0.121. The molecule has 1 amide bonds. The van der Waals surface area contributed by atoms with Crippen molar-refractivity contribution < 1.29 is 4.79 Å². The Balaban J connectivity index is 1.54. The van der Waals surface area contributed by atoms with Crippen LogP contribution >= 0.6 is 11.6 Å². The molecule has 4 rings (SSSR count). The molecule has 0 unspecified atom stereocenters. The van der Waals surface area contributed by atoms with Crippen LogP contribution in [-0.2, 0) is 6.42 Å². The van der Waals surface area contributed by atoms with E-state index in [9.17, 15) is 4.79 Å². The van der Waals surface area contributed by atoms with Gasteiger partial charge in [0.15, 0.2) is 0 Å². The summed E-state index contributed by atoms with van der Waals surface area (Å²) in [5, 5.41) is 3.67. The Kier molecular flexibility index (Phi) is 4.90. The predicted molar refractivity (Wildman–Crippen MR) is 108 cm³/mol. The Bertz CT molecular complexity index is 1070. The molecule has 2 heterocycles. The van der Waals surface area contributed by atoms with Gasteiger partial charge in [-0.25, -0.2) is 4.98 Å². The van der Waals surface area contributed by atoms with Crippen molar-refractivity contribution in [2.45, 2.75) is 6.42 Å². The molecule has 1 N–H and O–H groups in total. The van der Waals surface area contributed by atoms with E-state index in [1.165, 1.54) is 5.56 Å². The number of halogens is 1. The van der Waals surface area contributed by atoms with Gasteiger partial charge >= 0.3 is 0 Å². The fraction of sp³-hybridized carbons (Fsp3) is 0.0909. The third-order valence-corrected chi connectivity index (χ3v) is 4.66. The molecule has 0 aliphatic carbocycles. The Labute approximate surface area is 162 Å². The lowest BCUT2D eigenvalue weighted by atomic mass is 10.1. The Hall–Kier alpha value is -3.11. The molecule has 0 aliphatic heterocycles. The SMILES string of the molecule is O=C(NCCc1ccccc1)c1cccn2cc(-c3ccc(Cl)cc3)nc12. The van der Waals surface area contributed by atoms with Crippen LogP contribution in [0.15, 0.2) is 79.1 Å². The molecule has 0 atom stereocenters. The van der Waals surface area contributed by atoms with E-state index in [1.54, 1.807) is 6.07 Å². The summed E-state index contributed by atoms with van der Waals surface area (Å²) >= 11 is 5.96. The quantitative estimate of drug-likeness (QED) is 0.553. The summed E-state index contributed by atoms with van der Waals surface area (Å²) in [6, 6.07) is 21.3. The summed E-state index contributed by atoms with van der Waals surface area (Å²) in [6.45, 7) is 0.578. The highest BCUT2D eigenvalue weighted by Gasteiger charge is 2.13. The molecule has 4 nitrogen and oxygen atoms in total. The number of nitrogens with one attached hydrogen (secondary N) is 1. The molecule has 0 bridgehead atoms. The number of aromatic nitrogens is 2. The van der Waals surface area contributed by atoms with Crippen molar-refractivity contribution in [3.63, 3.8) is 0 Å². The van der Waals surface area contributed by atoms with Gasteiger partial charge in [0.1, 0.15) is 5.65 Å². The van der Waals surface area contributed by atoms with E-state index < -0.39 is 0 Å². The van der Waals surface area contributed by atoms with E-state index in [0.717, 1.165) is 17.7 Å². The average Bonchev–Trinajstić information content (AvgIpc) is 3.13. The molecule has 0 fully saturated rings. The normalized spacial score (nSPS) is 10.9. The molecule has 0 spiro atoms. The molecule has 0 saturated heterocycles. The summed E-state index contributed by atoms with van der Waals surface area (Å²) in [6.07, 6.45) is 4.60. The van der Waals surface area contributed by atoms with E-state index in [1.807, 2.05) is 65.3 Å². The van der Waals surface area contributed by atoms with Crippen LogP contribution in [-0.4, -0.2) is 21.8 Å². The van der Waals surface area contributed by atoms with Gasteiger partial charge in [0.25, 0.3) is 5.91 Å². The zero-order valence-electron chi connectivity index (χ0n) is 14.6. The maximum Gasteiger partial charge on any atom is 0.255 e. The molecule has 0 saturated carbocycles. The van der Waals surface area contributed by atoms with Crippen LogP contribution < -0.4 is 5.32 Å². The van der Waals surface area contributed by atoms with Crippen molar-refractivity contribution in [2.24, 2.45) is 0 Å². The molecule has 0 aliphatic rings. The second kappa shape index (κ2) is 7.64. The molecular formula is C22H18ClN3O. The summed E-state index contributed by atoms with van der Waals surface area (Å²) in [5.74, 6) is -0.121. The van der Waals surface area contributed by atoms with Crippen LogP contribution in [0.3, 0.4) is 0 Å². The second-order valence-electron chi connectivity index (χ2n) is 6.28. The first kappa shape index (κ1) is 17.3. The van der Waals surface area contributed by atoms with Crippen molar-refractivity contribution >= 4 is 23.2 Å². The van der Waals surface area contributed by atoms with E-state index >= 15 is 0 Å². The first-order valence-electron chi connectivity index (χ1n) is 8.76. The topological polar surface area (TPSA) is 46.4 Å². The Morgan fingerprint density at radius 1 is 1.00 bits per heavy atom. The molecule has 2 aromatic heterocycles. The minimum Gasteiger partial charge on any atom is -0.352 e. The molecule has 5 heteroatoms. The predicted octanol–water partition coefficient (Wildman–Crippen LogP) is 4.63. The van der Waals surface area contributed by atoms with Gasteiger partial charge in [0, 0.05) is 29.5 Å². The molecular weight excluding hydrogens is 358 g/mol. The smallest absolute Gasteiger partial charge is 0.255 e. The third-order valence-electron chi connectivity index (χ3n) is 4.41. The number of rotatable bonds is 5. The highest BCUT2D eigenvalue weighted by atomic mass is 35.5. The van der Waals surface area contributed by atoms with Gasteiger partial charge in [-0.3, -0.25) is 4.79 Å². The van der Waals surface area contributed by atoms with E-state index in [4.69, 9.17) is 11.6 Å². The van der Waals surface area contributed by atoms with Crippen molar-refractivity contribution in [3.8, 4) is 11.3 Å². The molecule has 2 aromatic carbocycles. The van der Waals surface area contributed by atoms with Crippen LogP contribution in [0.1, 0.15) is 15.9 Å². The number of imidazole rings is 1. The number of hydrogen-bond donors (Lipinski definition) is 1. The van der Waals surface area contributed by atoms with E-state index in [-0.39, 0.29) is 5.91 Å². The zero-order chi connectivity index (χ0) is 18.6. The highest BCUT2D eigenvalue weighted by molar-refractivity contribution is 6.30. The van der Waals surface area contributed by atoms with Crippen molar-refractivity contribution in [1.29, 1.82) is 0 Å². The van der Waals surface area contributed by atoms with Crippen LogP contribution in [0.5, 0.6) is 0 Å². The summed E-state index contributed by atoms with van der Waals surface area (Å²) in [4.78, 5) is 17.3. The van der Waals surface area contributed by atoms with E-state index in [2.05, 4.69) is 22.4 Å². The number of carbonyl (C=O) groups is 1. The molecule has 4 aromatic rings. The van der Waals surface area contributed by atoms with Crippen molar-refractivity contribution in [3.05, 3.63) is 95.3 Å². The summed E-state index contributed by atoms with van der Waals surface area (Å²) in [5.41, 5.74) is 4.15. The number of nitrogens with zero attached hydrogens (tertiary/aromatic N) is 2. The lowest BCUT2D eigenvalue weighted by molar-refractivity contribution is 0.0955. The third kappa shape index (κ3) is 3.86. The number of carbonyl (C=O) groups excluding carboxylic acids is 1. The lowest BCUT2D eigenvalue weighted by Crippen LogP contribution is -2.26. The van der Waals surface area contributed by atoms with Crippen LogP contribution in [0, 0.1) is 0 Å². The molecule has 0 radical (unpaired) electrons. The van der Waals surface area contributed by atoms with Gasteiger partial charge in [-0.15, -0.1) is 0 Å². The number of amides is 1. The average molecular weight is 376 g/mol. The monoisotopic (exact) mass is 375 g/mol. The standard InChI is InChI=1S/C22H18ClN3O/c23-18-10-8-17(9-11-18)20-15-26-14-4-7-19(21(26)25-20)22(27)24-13-12-16-5-2-1-3-6-16/h1-11,14-15H,12-13H2,(H,24,27). The van der Waals surface area contributed by atoms with Gasteiger partial charge in [0.2, 0.25) is 0 Å². The Morgan fingerprint density at radius 2 is 1.78 bits per heavy atom. The van der Waals surface area contributed by atoms with Crippen LogP contribution in [0.4, 0.5) is 0 Å².